The third-order valence-corrected chi connectivity index (χ3v) is 6.47. The fourth-order valence-electron chi connectivity index (χ4n) is 3.55. The van der Waals surface area contributed by atoms with Crippen molar-refractivity contribution in [2.24, 2.45) is 0 Å². The summed E-state index contributed by atoms with van der Waals surface area (Å²) >= 11 is 0. The molecule has 0 saturated carbocycles. The third kappa shape index (κ3) is 5.35. The van der Waals surface area contributed by atoms with Crippen molar-refractivity contribution in [1.29, 1.82) is 0 Å². The largest absolute Gasteiger partial charge is 0.378 e. The van der Waals surface area contributed by atoms with Gasteiger partial charge in [0.15, 0.2) is 0 Å². The van der Waals surface area contributed by atoms with Gasteiger partial charge >= 0.3 is 0 Å². The van der Waals surface area contributed by atoms with Crippen LogP contribution in [0, 0.1) is 17.0 Å². The van der Waals surface area contributed by atoms with E-state index in [-0.39, 0.29) is 11.4 Å². The molecular formula is C21H26N4O6S. The molecule has 0 aromatic heterocycles. The van der Waals surface area contributed by atoms with Gasteiger partial charge in [-0.1, -0.05) is 6.07 Å². The van der Waals surface area contributed by atoms with Gasteiger partial charge < -0.3 is 15.0 Å². The predicted molar refractivity (Wildman–Crippen MR) is 123 cm³/mol. The molecule has 2 aromatic carbocycles. The van der Waals surface area contributed by atoms with Crippen LogP contribution >= 0.6 is 0 Å². The van der Waals surface area contributed by atoms with E-state index in [4.69, 9.17) is 4.74 Å². The molecule has 10 nitrogen and oxygen atoms in total. The molecule has 1 aliphatic heterocycles. The summed E-state index contributed by atoms with van der Waals surface area (Å²) in [6.45, 7) is 5.97. The Morgan fingerprint density at radius 3 is 2.38 bits per heavy atom. The van der Waals surface area contributed by atoms with Gasteiger partial charge in [-0.3, -0.25) is 19.2 Å². The number of nitro benzene ring substituents is 1. The second-order valence-corrected chi connectivity index (χ2v) is 9.46. The maximum atomic E-state index is 12.9. The summed E-state index contributed by atoms with van der Waals surface area (Å²) in [7, 11) is -3.91. The maximum Gasteiger partial charge on any atom is 0.271 e. The predicted octanol–water partition coefficient (Wildman–Crippen LogP) is 2.53. The van der Waals surface area contributed by atoms with Crippen molar-refractivity contribution in [3.05, 3.63) is 58.1 Å². The molecule has 0 bridgehead atoms. The average Bonchev–Trinajstić information content (AvgIpc) is 2.75. The highest BCUT2D eigenvalue weighted by atomic mass is 32.2. The van der Waals surface area contributed by atoms with Gasteiger partial charge in [0.25, 0.3) is 5.69 Å². The van der Waals surface area contributed by atoms with Crippen molar-refractivity contribution < 1.29 is 22.9 Å². The number of hydrogen-bond donors (Lipinski definition) is 1. The summed E-state index contributed by atoms with van der Waals surface area (Å²) < 4.78 is 31.3. The summed E-state index contributed by atoms with van der Waals surface area (Å²) in [5.41, 5.74) is 1.85. The Balaban J connectivity index is 1.81. The normalized spacial score (nSPS) is 15.2. The van der Waals surface area contributed by atoms with Crippen LogP contribution in [0.3, 0.4) is 0 Å². The summed E-state index contributed by atoms with van der Waals surface area (Å²) in [6.07, 6.45) is 0.964. The topological polar surface area (TPSA) is 122 Å². The van der Waals surface area contributed by atoms with Crippen molar-refractivity contribution in [3.8, 4) is 0 Å². The fourth-order valence-corrected chi connectivity index (χ4v) is 4.78. The molecule has 1 fully saturated rings. The molecule has 172 valence electrons. The Hall–Kier alpha value is -3.18. The van der Waals surface area contributed by atoms with E-state index in [1.165, 1.54) is 19.1 Å². The van der Waals surface area contributed by atoms with Gasteiger partial charge in [-0.2, -0.15) is 0 Å². The van der Waals surface area contributed by atoms with Gasteiger partial charge in [0, 0.05) is 36.6 Å². The summed E-state index contributed by atoms with van der Waals surface area (Å²) in [6, 6.07) is 10.0. The number of nitrogens with zero attached hydrogens (tertiary/aromatic N) is 3. The average molecular weight is 463 g/mol. The number of morpholine rings is 1. The van der Waals surface area contributed by atoms with Crippen LogP contribution in [-0.2, 0) is 19.6 Å². The number of nitro groups is 1. The minimum absolute atomic E-state index is 0.0898. The zero-order chi connectivity index (χ0) is 23.5. The van der Waals surface area contributed by atoms with E-state index in [0.717, 1.165) is 35.4 Å². The number of hydrogen-bond acceptors (Lipinski definition) is 7. The number of non-ortho nitro benzene ring substituents is 1. The lowest BCUT2D eigenvalue weighted by atomic mass is 10.1. The second kappa shape index (κ2) is 9.53. The van der Waals surface area contributed by atoms with E-state index in [0.29, 0.717) is 24.5 Å². The fraction of sp³-hybridized carbons (Fsp3) is 0.381. The minimum atomic E-state index is -3.91. The first kappa shape index (κ1) is 23.5. The quantitative estimate of drug-likeness (QED) is 0.495. The van der Waals surface area contributed by atoms with Gasteiger partial charge in [-0.05, 0) is 43.7 Å². The Labute approximate surface area is 187 Å². The van der Waals surface area contributed by atoms with Crippen LogP contribution in [0.2, 0.25) is 0 Å². The molecule has 0 radical (unpaired) electrons. The summed E-state index contributed by atoms with van der Waals surface area (Å²) in [4.78, 5) is 25.7. The Morgan fingerprint density at radius 1 is 1.19 bits per heavy atom. The molecule has 1 atom stereocenters. The molecule has 0 spiro atoms. The minimum Gasteiger partial charge on any atom is -0.378 e. The van der Waals surface area contributed by atoms with E-state index in [1.807, 2.05) is 12.1 Å². The van der Waals surface area contributed by atoms with Crippen LogP contribution in [0.25, 0.3) is 0 Å². The van der Waals surface area contributed by atoms with Gasteiger partial charge in [-0.15, -0.1) is 0 Å². The monoisotopic (exact) mass is 462 g/mol. The van der Waals surface area contributed by atoms with E-state index >= 15 is 0 Å². The molecule has 1 aliphatic rings. The van der Waals surface area contributed by atoms with Crippen molar-refractivity contribution in [2.75, 3.05) is 47.1 Å². The van der Waals surface area contributed by atoms with Crippen molar-refractivity contribution in [3.63, 3.8) is 0 Å². The van der Waals surface area contributed by atoms with Crippen molar-refractivity contribution in [2.45, 2.75) is 19.9 Å². The molecule has 2 aromatic rings. The van der Waals surface area contributed by atoms with E-state index < -0.39 is 26.9 Å². The zero-order valence-electron chi connectivity index (χ0n) is 18.1. The highest BCUT2D eigenvalue weighted by molar-refractivity contribution is 7.92. The number of ether oxygens (including phenoxy) is 1. The van der Waals surface area contributed by atoms with Crippen molar-refractivity contribution >= 4 is 38.7 Å². The van der Waals surface area contributed by atoms with Gasteiger partial charge in [0.2, 0.25) is 15.9 Å². The van der Waals surface area contributed by atoms with E-state index in [2.05, 4.69) is 10.2 Å². The first-order valence-electron chi connectivity index (χ1n) is 10.1. The molecule has 3 rings (SSSR count). The molecule has 1 amide bonds. The zero-order valence-corrected chi connectivity index (χ0v) is 19.0. The molecule has 1 heterocycles. The standard InChI is InChI=1S/C21H26N4O6S/c1-15-4-7-19(25(27)28)14-20(15)24(32(3,29)30)16(2)21(26)22-17-5-8-18(9-6-17)23-10-12-31-13-11-23/h4-9,14,16H,10-13H2,1-3H3,(H,22,26)/t16-/m0/s1. The summed E-state index contributed by atoms with van der Waals surface area (Å²) in [5, 5.41) is 13.9. The Bertz CT molecular complexity index is 1100. The smallest absolute Gasteiger partial charge is 0.271 e. The second-order valence-electron chi connectivity index (χ2n) is 7.60. The number of benzene rings is 2. The number of carbonyl (C=O) groups excluding carboxylic acids is 1. The highest BCUT2D eigenvalue weighted by Gasteiger charge is 2.31. The number of nitrogens with one attached hydrogen (secondary N) is 1. The number of amides is 1. The first-order valence-corrected chi connectivity index (χ1v) is 11.9. The third-order valence-electron chi connectivity index (χ3n) is 5.24. The first-order chi connectivity index (χ1) is 15.1. The molecule has 0 unspecified atom stereocenters. The SMILES string of the molecule is Cc1ccc([N+](=O)[O-])cc1N([C@@H](C)C(=O)Nc1ccc(N2CCOCC2)cc1)S(C)(=O)=O. The Kier molecular flexibility index (Phi) is 6.99. The number of sulfonamides is 1. The number of anilines is 3. The molecule has 0 aliphatic carbocycles. The van der Waals surface area contributed by atoms with Crippen LogP contribution in [0.15, 0.2) is 42.5 Å². The maximum absolute atomic E-state index is 12.9. The molecule has 11 heteroatoms. The van der Waals surface area contributed by atoms with Crippen LogP contribution in [0.4, 0.5) is 22.7 Å². The molecule has 1 saturated heterocycles. The number of aryl methyl sites for hydroxylation is 1. The molecule has 1 N–H and O–H groups in total. The lowest BCUT2D eigenvalue weighted by Gasteiger charge is -2.30. The highest BCUT2D eigenvalue weighted by Crippen LogP contribution is 2.29. The van der Waals surface area contributed by atoms with E-state index in [9.17, 15) is 23.3 Å². The molecule has 32 heavy (non-hydrogen) atoms. The van der Waals surface area contributed by atoms with Crippen molar-refractivity contribution in [1.82, 2.24) is 0 Å². The van der Waals surface area contributed by atoms with Crippen LogP contribution in [0.5, 0.6) is 0 Å². The van der Waals surface area contributed by atoms with E-state index in [1.54, 1.807) is 19.1 Å². The van der Waals surface area contributed by atoms with Gasteiger partial charge in [-0.25, -0.2) is 8.42 Å². The van der Waals surface area contributed by atoms with Crippen LogP contribution in [0.1, 0.15) is 12.5 Å². The number of rotatable bonds is 7. The van der Waals surface area contributed by atoms with Crippen LogP contribution < -0.4 is 14.5 Å². The Morgan fingerprint density at radius 2 is 1.81 bits per heavy atom. The molecular weight excluding hydrogens is 436 g/mol. The number of carbonyl (C=O) groups is 1. The summed E-state index contributed by atoms with van der Waals surface area (Å²) in [5.74, 6) is -0.555. The lowest BCUT2D eigenvalue weighted by Crippen LogP contribution is -2.45. The lowest BCUT2D eigenvalue weighted by molar-refractivity contribution is -0.384. The van der Waals surface area contributed by atoms with Gasteiger partial charge in [0.05, 0.1) is 30.1 Å². The van der Waals surface area contributed by atoms with Gasteiger partial charge in [0.1, 0.15) is 6.04 Å². The van der Waals surface area contributed by atoms with Crippen LogP contribution in [-0.4, -0.2) is 57.8 Å².